The Kier molecular flexibility index (Phi) is 4.58. The van der Waals surface area contributed by atoms with Crippen molar-refractivity contribution in [1.29, 1.82) is 0 Å². The van der Waals surface area contributed by atoms with E-state index in [-0.39, 0.29) is 0 Å². The van der Waals surface area contributed by atoms with Gasteiger partial charge in [0.05, 0.1) is 5.69 Å². The van der Waals surface area contributed by atoms with Crippen LogP contribution in [0.4, 0.5) is 5.69 Å². The number of thiocarbonyl (C=S) groups is 1. The van der Waals surface area contributed by atoms with Gasteiger partial charge in [-0.2, -0.15) is 0 Å². The maximum Gasteiger partial charge on any atom is 0.232 e. The minimum atomic E-state index is -3.14. The van der Waals surface area contributed by atoms with Gasteiger partial charge in [0, 0.05) is 10.3 Å². The Morgan fingerprint density at radius 1 is 0.923 bits per heavy atom. The second-order valence-electron chi connectivity index (χ2n) is 6.01. The van der Waals surface area contributed by atoms with Gasteiger partial charge in [-0.25, -0.2) is 0 Å². The van der Waals surface area contributed by atoms with Crippen molar-refractivity contribution >= 4 is 47.2 Å². The van der Waals surface area contributed by atoms with Gasteiger partial charge >= 0.3 is 0 Å². The summed E-state index contributed by atoms with van der Waals surface area (Å²) in [5.74, 6) is -0.462. The highest BCUT2D eigenvalue weighted by molar-refractivity contribution is 7.84. The molecule has 3 aromatic rings. The molecule has 1 heterocycles. The molecule has 4 rings (SSSR count). The average Bonchev–Trinajstić information content (AvgIpc) is 2.95. The fourth-order valence-electron chi connectivity index (χ4n) is 3.24. The van der Waals surface area contributed by atoms with Crippen molar-refractivity contribution in [2.45, 2.75) is 5.78 Å². The van der Waals surface area contributed by atoms with Crippen LogP contribution in [-0.4, -0.2) is 5.11 Å². The van der Waals surface area contributed by atoms with Crippen LogP contribution in [0.25, 0.3) is 0 Å². The Balaban J connectivity index is 1.93. The molecule has 130 valence electrons. The Morgan fingerprint density at radius 2 is 1.58 bits per heavy atom. The zero-order valence-electron chi connectivity index (χ0n) is 13.7. The second-order valence-corrected chi connectivity index (χ2v) is 9.51. The second kappa shape index (κ2) is 6.88. The van der Waals surface area contributed by atoms with Gasteiger partial charge in [0.25, 0.3) is 0 Å². The van der Waals surface area contributed by atoms with Crippen molar-refractivity contribution in [3.8, 4) is 0 Å². The molecule has 0 bridgehead atoms. The van der Waals surface area contributed by atoms with Crippen LogP contribution in [0.15, 0.2) is 84.9 Å². The van der Waals surface area contributed by atoms with Crippen molar-refractivity contribution in [2.75, 3.05) is 4.67 Å². The van der Waals surface area contributed by atoms with Crippen molar-refractivity contribution in [3.63, 3.8) is 0 Å². The molecule has 0 saturated carbocycles. The highest BCUT2D eigenvalue weighted by atomic mass is 35.5. The number of nitrogens with zero attached hydrogens (tertiary/aromatic N) is 1. The smallest absolute Gasteiger partial charge is 0.232 e. The van der Waals surface area contributed by atoms with Crippen molar-refractivity contribution < 1.29 is 4.57 Å². The summed E-state index contributed by atoms with van der Waals surface area (Å²) in [5.41, 5.74) is 1.66. The van der Waals surface area contributed by atoms with Gasteiger partial charge in [-0.15, -0.1) is 0 Å². The summed E-state index contributed by atoms with van der Waals surface area (Å²) < 4.78 is 16.3. The van der Waals surface area contributed by atoms with Crippen LogP contribution in [0.1, 0.15) is 11.3 Å². The topological polar surface area (TPSA) is 32.3 Å². The predicted molar refractivity (Wildman–Crippen MR) is 113 cm³/mol. The summed E-state index contributed by atoms with van der Waals surface area (Å²) in [5, 5.41) is 5.08. The van der Waals surface area contributed by atoms with E-state index in [0.29, 0.717) is 10.1 Å². The zero-order valence-corrected chi connectivity index (χ0v) is 16.2. The standard InChI is InChI=1S/C20H16ClN2OPS/c21-16-9-7-8-15(14-16)19-22-20(26)23(17-10-3-1-4-11-17)25(19,24)18-12-5-2-6-13-18/h1-14,19H,(H,22,26)/t19-,25-/m0/s1. The Hall–Kier alpha value is -2.13. The highest BCUT2D eigenvalue weighted by Crippen LogP contribution is 2.64. The molecule has 0 unspecified atom stereocenters. The van der Waals surface area contributed by atoms with E-state index in [1.807, 2.05) is 78.9 Å². The molecule has 0 radical (unpaired) electrons. The molecule has 1 aliphatic rings. The molecule has 0 aliphatic carbocycles. The van der Waals surface area contributed by atoms with Gasteiger partial charge in [0.2, 0.25) is 7.29 Å². The molecule has 6 heteroatoms. The van der Waals surface area contributed by atoms with E-state index in [0.717, 1.165) is 16.6 Å². The third-order valence-corrected chi connectivity index (χ3v) is 8.25. The first-order valence-corrected chi connectivity index (χ1v) is 10.7. The van der Waals surface area contributed by atoms with Crippen LogP contribution < -0.4 is 15.3 Å². The Morgan fingerprint density at radius 3 is 2.23 bits per heavy atom. The zero-order chi connectivity index (χ0) is 18.1. The van der Waals surface area contributed by atoms with Crippen LogP contribution in [0.2, 0.25) is 5.02 Å². The summed E-state index contributed by atoms with van der Waals surface area (Å²) in [4.78, 5) is 0. The van der Waals surface area contributed by atoms with E-state index in [2.05, 4.69) is 5.32 Å². The van der Waals surface area contributed by atoms with E-state index >= 15 is 0 Å². The minimum absolute atomic E-state index is 0.452. The number of rotatable bonds is 3. The summed E-state index contributed by atoms with van der Waals surface area (Å²) in [6.45, 7) is 0. The van der Waals surface area contributed by atoms with E-state index in [1.165, 1.54) is 0 Å². The molecule has 0 spiro atoms. The number of hydrogen-bond acceptors (Lipinski definition) is 2. The number of hydrogen-bond donors (Lipinski definition) is 1. The van der Waals surface area contributed by atoms with Gasteiger partial charge in [0.15, 0.2) is 5.11 Å². The van der Waals surface area contributed by atoms with Gasteiger partial charge in [-0.3, -0.25) is 9.24 Å². The summed E-state index contributed by atoms with van der Waals surface area (Å²) in [6, 6.07) is 26.5. The summed E-state index contributed by atoms with van der Waals surface area (Å²) in [7, 11) is -3.14. The van der Waals surface area contributed by atoms with Crippen molar-refractivity contribution in [1.82, 2.24) is 5.32 Å². The van der Waals surface area contributed by atoms with E-state index in [4.69, 9.17) is 23.8 Å². The quantitative estimate of drug-likeness (QED) is 0.477. The molecular formula is C20H16ClN2OPS. The molecule has 1 fully saturated rings. The fourth-order valence-corrected chi connectivity index (χ4v) is 7.14. The maximum absolute atomic E-state index is 14.5. The number of halogens is 1. The SMILES string of the molecule is O=[P@@]1(c2ccccc2)[C@@H](c2cccc(Cl)c2)NC(=S)N1c1ccccc1. The molecule has 1 N–H and O–H groups in total. The molecule has 26 heavy (non-hydrogen) atoms. The van der Waals surface area contributed by atoms with Crippen LogP contribution in [0, 0.1) is 0 Å². The van der Waals surface area contributed by atoms with Crippen LogP contribution in [-0.2, 0) is 4.57 Å². The lowest BCUT2D eigenvalue weighted by Gasteiger charge is -2.28. The van der Waals surface area contributed by atoms with Crippen LogP contribution in [0.3, 0.4) is 0 Å². The normalized spacial score (nSPS) is 22.3. The largest absolute Gasteiger partial charge is 0.346 e. The summed E-state index contributed by atoms with van der Waals surface area (Å²) in [6.07, 6.45) is 0. The molecule has 1 saturated heterocycles. The molecule has 0 amide bonds. The van der Waals surface area contributed by atoms with Crippen molar-refractivity contribution in [2.24, 2.45) is 0 Å². The number of benzene rings is 3. The molecule has 1 aliphatic heterocycles. The van der Waals surface area contributed by atoms with Crippen LogP contribution in [0.5, 0.6) is 0 Å². The van der Waals surface area contributed by atoms with Crippen molar-refractivity contribution in [3.05, 3.63) is 95.5 Å². The van der Waals surface area contributed by atoms with Crippen LogP contribution >= 0.6 is 31.1 Å². The molecule has 0 aromatic heterocycles. The third kappa shape index (κ3) is 2.84. The van der Waals surface area contributed by atoms with Gasteiger partial charge in [-0.1, -0.05) is 60.1 Å². The number of para-hydroxylation sites is 1. The third-order valence-electron chi connectivity index (χ3n) is 4.39. The average molecular weight is 399 g/mol. The summed E-state index contributed by atoms with van der Waals surface area (Å²) >= 11 is 11.8. The lowest BCUT2D eigenvalue weighted by atomic mass is 10.2. The number of anilines is 1. The molecule has 3 nitrogen and oxygen atoms in total. The maximum atomic E-state index is 14.5. The Labute approximate surface area is 163 Å². The van der Waals surface area contributed by atoms with Gasteiger partial charge in [-0.05, 0) is 54.2 Å². The minimum Gasteiger partial charge on any atom is -0.346 e. The van der Waals surface area contributed by atoms with E-state index < -0.39 is 13.1 Å². The Bertz CT molecular complexity index is 997. The monoisotopic (exact) mass is 398 g/mol. The first-order chi connectivity index (χ1) is 12.6. The predicted octanol–water partition coefficient (Wildman–Crippen LogP) is 5.34. The highest BCUT2D eigenvalue weighted by Gasteiger charge is 2.50. The number of nitrogens with one attached hydrogen (secondary N) is 1. The molecule has 3 aromatic carbocycles. The van der Waals surface area contributed by atoms with E-state index in [1.54, 1.807) is 10.7 Å². The first kappa shape index (κ1) is 17.3. The lowest BCUT2D eigenvalue weighted by Crippen LogP contribution is -2.27. The lowest BCUT2D eigenvalue weighted by molar-refractivity contribution is 0.574. The van der Waals surface area contributed by atoms with Gasteiger partial charge in [0.1, 0.15) is 5.78 Å². The molecular weight excluding hydrogens is 383 g/mol. The fraction of sp³-hybridized carbons (Fsp3) is 0.0500. The van der Waals surface area contributed by atoms with E-state index in [9.17, 15) is 4.57 Å². The first-order valence-electron chi connectivity index (χ1n) is 8.17. The molecule has 2 atom stereocenters. The van der Waals surface area contributed by atoms with Gasteiger partial charge < -0.3 is 5.32 Å².